The van der Waals surface area contributed by atoms with Crippen LogP contribution in [0.15, 0.2) is 48.8 Å². The van der Waals surface area contributed by atoms with Crippen molar-refractivity contribution in [2.75, 3.05) is 5.32 Å². The van der Waals surface area contributed by atoms with Crippen molar-refractivity contribution in [3.63, 3.8) is 0 Å². The van der Waals surface area contributed by atoms with E-state index in [0.29, 0.717) is 0 Å². The monoisotopic (exact) mass is 329 g/mol. The number of aromatic nitrogens is 2. The Hall–Kier alpha value is -2.33. The van der Waals surface area contributed by atoms with Crippen LogP contribution in [0.5, 0.6) is 0 Å². The Morgan fingerprint density at radius 1 is 1.09 bits per heavy atom. The van der Waals surface area contributed by atoms with Gasteiger partial charge in [-0.1, -0.05) is 32.0 Å². The number of carbonyl (C=O) groups excluding carboxylic acids is 1. The second kappa shape index (κ2) is 6.84. The van der Waals surface area contributed by atoms with Gasteiger partial charge in [0, 0.05) is 29.6 Å². The van der Waals surface area contributed by atoms with Crippen LogP contribution in [0.25, 0.3) is 16.9 Å². The van der Waals surface area contributed by atoms with Crippen molar-refractivity contribution in [2.24, 2.45) is 5.92 Å². The van der Waals surface area contributed by atoms with Gasteiger partial charge in [-0.05, 0) is 30.7 Å². The third-order valence-corrected chi connectivity index (χ3v) is 3.57. The van der Waals surface area contributed by atoms with Gasteiger partial charge in [0.2, 0.25) is 5.91 Å². The first kappa shape index (κ1) is 17.0. The summed E-state index contributed by atoms with van der Waals surface area (Å²) in [5.41, 5.74) is 4.89. The van der Waals surface area contributed by atoms with E-state index in [-0.39, 0.29) is 24.2 Å². The quantitative estimate of drug-likeness (QED) is 0.777. The van der Waals surface area contributed by atoms with Crippen molar-refractivity contribution >= 4 is 29.6 Å². The maximum absolute atomic E-state index is 11.7. The molecule has 3 rings (SSSR count). The number of carbonyl (C=O) groups is 1. The molecule has 0 saturated carbocycles. The zero-order valence-corrected chi connectivity index (χ0v) is 14.2. The van der Waals surface area contributed by atoms with E-state index in [4.69, 9.17) is 0 Å². The molecule has 4 nitrogen and oxygen atoms in total. The molecule has 5 heteroatoms. The van der Waals surface area contributed by atoms with E-state index in [1.54, 1.807) is 0 Å². The first-order chi connectivity index (χ1) is 10.5. The van der Waals surface area contributed by atoms with Crippen molar-refractivity contribution < 1.29 is 4.79 Å². The summed E-state index contributed by atoms with van der Waals surface area (Å²) >= 11 is 0. The summed E-state index contributed by atoms with van der Waals surface area (Å²) < 4.78 is 2.03. The molecule has 0 aliphatic rings. The number of nitrogens with zero attached hydrogens (tertiary/aromatic N) is 2. The van der Waals surface area contributed by atoms with Gasteiger partial charge in [-0.3, -0.25) is 4.79 Å². The van der Waals surface area contributed by atoms with Gasteiger partial charge in [0.05, 0.1) is 5.69 Å². The number of aryl methyl sites for hydroxylation is 1. The van der Waals surface area contributed by atoms with Crippen molar-refractivity contribution in [3.8, 4) is 11.3 Å². The summed E-state index contributed by atoms with van der Waals surface area (Å²) in [7, 11) is 0. The lowest BCUT2D eigenvalue weighted by atomic mass is 10.1. The fourth-order valence-electron chi connectivity index (χ4n) is 2.25. The van der Waals surface area contributed by atoms with Crippen LogP contribution >= 0.6 is 12.4 Å². The molecule has 0 fully saturated rings. The molecule has 23 heavy (non-hydrogen) atoms. The maximum atomic E-state index is 11.7. The molecule has 3 aromatic rings. The molecular weight excluding hydrogens is 310 g/mol. The lowest BCUT2D eigenvalue weighted by molar-refractivity contribution is -0.118. The summed E-state index contributed by atoms with van der Waals surface area (Å²) in [4.78, 5) is 16.3. The first-order valence-electron chi connectivity index (χ1n) is 7.39. The van der Waals surface area contributed by atoms with Crippen LogP contribution in [0.3, 0.4) is 0 Å². The van der Waals surface area contributed by atoms with Crippen molar-refractivity contribution in [2.45, 2.75) is 20.8 Å². The topological polar surface area (TPSA) is 46.4 Å². The molecule has 0 radical (unpaired) electrons. The van der Waals surface area contributed by atoms with E-state index in [9.17, 15) is 4.79 Å². The van der Waals surface area contributed by atoms with E-state index in [0.717, 1.165) is 22.6 Å². The minimum atomic E-state index is -0.0265. The molecular formula is C18H20ClN3O. The lowest BCUT2D eigenvalue weighted by Crippen LogP contribution is -2.17. The van der Waals surface area contributed by atoms with Gasteiger partial charge in [0.1, 0.15) is 5.65 Å². The minimum Gasteiger partial charge on any atom is -0.326 e. The predicted octanol–water partition coefficient (Wildman–Crippen LogP) is 4.33. The van der Waals surface area contributed by atoms with Crippen LogP contribution in [-0.4, -0.2) is 15.3 Å². The van der Waals surface area contributed by atoms with Crippen molar-refractivity contribution in [3.05, 3.63) is 54.4 Å². The molecule has 120 valence electrons. The molecule has 0 spiro atoms. The highest BCUT2D eigenvalue weighted by atomic mass is 35.5. The number of hydrogen-bond acceptors (Lipinski definition) is 2. The molecule has 0 saturated heterocycles. The Kier molecular flexibility index (Phi) is 5.06. The standard InChI is InChI=1S/C18H19N3O.ClH/c1-12(2)18(22)19-15-7-5-14(6-8-15)16-11-21-10-13(3)4-9-17(21)20-16;/h4-12H,1-3H3,(H,19,22);1H. The van der Waals surface area contributed by atoms with E-state index >= 15 is 0 Å². The van der Waals surface area contributed by atoms with Gasteiger partial charge in [-0.2, -0.15) is 0 Å². The molecule has 2 heterocycles. The molecule has 0 bridgehead atoms. The molecule has 0 atom stereocenters. The van der Waals surface area contributed by atoms with Gasteiger partial charge >= 0.3 is 0 Å². The number of pyridine rings is 1. The number of hydrogen-bond donors (Lipinski definition) is 1. The van der Waals surface area contributed by atoms with Crippen LogP contribution < -0.4 is 5.32 Å². The molecule has 1 amide bonds. The third kappa shape index (κ3) is 3.71. The fraction of sp³-hybridized carbons (Fsp3) is 0.222. The smallest absolute Gasteiger partial charge is 0.226 e. The van der Waals surface area contributed by atoms with Crippen LogP contribution in [0, 0.1) is 12.8 Å². The van der Waals surface area contributed by atoms with E-state index in [1.165, 1.54) is 5.56 Å². The van der Waals surface area contributed by atoms with Gasteiger partial charge < -0.3 is 9.72 Å². The van der Waals surface area contributed by atoms with Gasteiger partial charge in [-0.25, -0.2) is 4.98 Å². The van der Waals surface area contributed by atoms with Gasteiger partial charge in [0.25, 0.3) is 0 Å². The highest BCUT2D eigenvalue weighted by Crippen LogP contribution is 2.21. The minimum absolute atomic E-state index is 0. The Morgan fingerprint density at radius 2 is 1.78 bits per heavy atom. The average molecular weight is 330 g/mol. The lowest BCUT2D eigenvalue weighted by Gasteiger charge is -2.07. The largest absolute Gasteiger partial charge is 0.326 e. The van der Waals surface area contributed by atoms with Gasteiger partial charge in [-0.15, -0.1) is 12.4 Å². The Morgan fingerprint density at radius 3 is 2.43 bits per heavy atom. The van der Waals surface area contributed by atoms with Crippen LogP contribution in [0.4, 0.5) is 5.69 Å². The van der Waals surface area contributed by atoms with E-state index < -0.39 is 0 Å². The molecule has 1 aromatic carbocycles. The van der Waals surface area contributed by atoms with E-state index in [1.807, 2.05) is 54.8 Å². The third-order valence-electron chi connectivity index (χ3n) is 3.57. The van der Waals surface area contributed by atoms with Crippen LogP contribution in [-0.2, 0) is 4.79 Å². The maximum Gasteiger partial charge on any atom is 0.226 e. The summed E-state index contributed by atoms with van der Waals surface area (Å²) in [6, 6.07) is 11.8. The SMILES string of the molecule is Cc1ccc2nc(-c3ccc(NC(=O)C(C)C)cc3)cn2c1.Cl. The van der Waals surface area contributed by atoms with Crippen molar-refractivity contribution in [1.82, 2.24) is 9.38 Å². The van der Waals surface area contributed by atoms with Crippen LogP contribution in [0.1, 0.15) is 19.4 Å². The first-order valence-corrected chi connectivity index (χ1v) is 7.39. The zero-order valence-electron chi connectivity index (χ0n) is 13.4. The fourth-order valence-corrected chi connectivity index (χ4v) is 2.25. The van der Waals surface area contributed by atoms with Crippen LogP contribution in [0.2, 0.25) is 0 Å². The molecule has 0 aliphatic carbocycles. The summed E-state index contributed by atoms with van der Waals surface area (Å²) in [5.74, 6) is -0.00249. The molecule has 2 aromatic heterocycles. The predicted molar refractivity (Wildman–Crippen MR) is 96.1 cm³/mol. The second-order valence-electron chi connectivity index (χ2n) is 5.82. The number of anilines is 1. The Labute approximate surface area is 142 Å². The highest BCUT2D eigenvalue weighted by molar-refractivity contribution is 5.92. The molecule has 0 aliphatic heterocycles. The van der Waals surface area contributed by atoms with E-state index in [2.05, 4.69) is 29.5 Å². The highest BCUT2D eigenvalue weighted by Gasteiger charge is 2.08. The number of rotatable bonds is 3. The summed E-state index contributed by atoms with van der Waals surface area (Å²) in [6.45, 7) is 5.82. The summed E-state index contributed by atoms with van der Waals surface area (Å²) in [5, 5.41) is 2.89. The summed E-state index contributed by atoms with van der Waals surface area (Å²) in [6.07, 6.45) is 4.08. The number of amides is 1. The zero-order chi connectivity index (χ0) is 15.7. The molecule has 0 unspecified atom stereocenters. The van der Waals surface area contributed by atoms with Gasteiger partial charge in [0.15, 0.2) is 0 Å². The Bertz CT molecular complexity index is 822. The molecule has 1 N–H and O–H groups in total. The second-order valence-corrected chi connectivity index (χ2v) is 5.82. The number of benzene rings is 1. The Balaban J connectivity index is 0.00000192. The van der Waals surface area contributed by atoms with Crippen molar-refractivity contribution in [1.29, 1.82) is 0 Å². The number of nitrogens with one attached hydrogen (secondary N) is 1. The number of halogens is 1. The number of fused-ring (bicyclic) bond motifs is 1. The number of imidazole rings is 1. The average Bonchev–Trinajstić information content (AvgIpc) is 2.90. The normalized spacial score (nSPS) is 10.6.